The Morgan fingerprint density at radius 2 is 1.75 bits per heavy atom. The van der Waals surface area contributed by atoms with E-state index in [1.807, 2.05) is 29.2 Å². The van der Waals surface area contributed by atoms with Gasteiger partial charge in [0.25, 0.3) is 5.91 Å². The minimum absolute atomic E-state index is 0.137. The highest BCUT2D eigenvalue weighted by atomic mass is 16.2. The molecule has 2 rings (SSSR count). The zero-order valence-electron chi connectivity index (χ0n) is 12.5. The molecule has 1 aromatic carbocycles. The highest BCUT2D eigenvalue weighted by Gasteiger charge is 2.22. The molecule has 0 aliphatic carbocycles. The summed E-state index contributed by atoms with van der Waals surface area (Å²) in [5.74, 6) is 0.818. The molecule has 0 saturated carbocycles. The van der Waals surface area contributed by atoms with Crippen LogP contribution in [0.25, 0.3) is 0 Å². The van der Waals surface area contributed by atoms with Crippen molar-refractivity contribution in [2.45, 2.75) is 20.4 Å². The van der Waals surface area contributed by atoms with Crippen molar-refractivity contribution in [3.63, 3.8) is 0 Å². The van der Waals surface area contributed by atoms with E-state index in [1.54, 1.807) is 0 Å². The summed E-state index contributed by atoms with van der Waals surface area (Å²) in [6.45, 7) is 9.70. The van der Waals surface area contributed by atoms with Crippen LogP contribution in [0.2, 0.25) is 0 Å². The first kappa shape index (κ1) is 15.0. The molecule has 4 heteroatoms. The van der Waals surface area contributed by atoms with Crippen LogP contribution in [-0.4, -0.2) is 48.4 Å². The lowest BCUT2D eigenvalue weighted by Gasteiger charge is -2.35. The Labute approximate surface area is 121 Å². The smallest absolute Gasteiger partial charge is 0.253 e. The van der Waals surface area contributed by atoms with Crippen LogP contribution >= 0.6 is 0 Å². The zero-order valence-corrected chi connectivity index (χ0v) is 12.5. The summed E-state index contributed by atoms with van der Waals surface area (Å²) in [6.07, 6.45) is 0. The number of piperazine rings is 1. The second-order valence-corrected chi connectivity index (χ2v) is 5.89. The molecule has 1 heterocycles. The summed E-state index contributed by atoms with van der Waals surface area (Å²) in [7, 11) is 0. The molecule has 1 aliphatic rings. The number of nitrogens with zero attached hydrogens (tertiary/aromatic N) is 2. The maximum absolute atomic E-state index is 12.4. The van der Waals surface area contributed by atoms with Gasteiger partial charge in [-0.1, -0.05) is 26.0 Å². The zero-order chi connectivity index (χ0) is 14.5. The van der Waals surface area contributed by atoms with E-state index in [0.29, 0.717) is 12.5 Å². The molecule has 4 nitrogen and oxygen atoms in total. The number of hydrogen-bond acceptors (Lipinski definition) is 3. The van der Waals surface area contributed by atoms with Gasteiger partial charge in [-0.25, -0.2) is 0 Å². The maximum Gasteiger partial charge on any atom is 0.253 e. The van der Waals surface area contributed by atoms with Crippen LogP contribution in [0, 0.1) is 5.92 Å². The van der Waals surface area contributed by atoms with Crippen LogP contribution < -0.4 is 5.73 Å². The van der Waals surface area contributed by atoms with Gasteiger partial charge >= 0.3 is 0 Å². The monoisotopic (exact) mass is 275 g/mol. The molecule has 0 bridgehead atoms. The molecule has 1 aliphatic heterocycles. The molecule has 1 fully saturated rings. The second kappa shape index (κ2) is 6.86. The Hall–Kier alpha value is -1.39. The normalized spacial score (nSPS) is 16.7. The van der Waals surface area contributed by atoms with E-state index in [2.05, 4.69) is 18.7 Å². The first-order chi connectivity index (χ1) is 9.60. The van der Waals surface area contributed by atoms with E-state index in [4.69, 9.17) is 5.73 Å². The number of benzene rings is 1. The summed E-state index contributed by atoms with van der Waals surface area (Å²) in [5.41, 5.74) is 7.39. The van der Waals surface area contributed by atoms with E-state index < -0.39 is 0 Å². The summed E-state index contributed by atoms with van der Waals surface area (Å²) in [5, 5.41) is 0. The van der Waals surface area contributed by atoms with Crippen molar-refractivity contribution in [2.24, 2.45) is 11.7 Å². The van der Waals surface area contributed by atoms with Crippen molar-refractivity contribution >= 4 is 5.91 Å². The molecule has 1 amide bonds. The number of hydrogen-bond donors (Lipinski definition) is 1. The molecule has 1 aromatic rings. The first-order valence-electron chi connectivity index (χ1n) is 7.40. The number of rotatable bonds is 4. The number of carbonyl (C=O) groups is 1. The third kappa shape index (κ3) is 3.81. The van der Waals surface area contributed by atoms with Crippen LogP contribution in [0.15, 0.2) is 24.3 Å². The Kier molecular flexibility index (Phi) is 5.15. The van der Waals surface area contributed by atoms with Gasteiger partial charge < -0.3 is 10.6 Å². The Balaban J connectivity index is 1.90. The van der Waals surface area contributed by atoms with Crippen molar-refractivity contribution < 1.29 is 4.79 Å². The predicted octanol–water partition coefficient (Wildman–Crippen LogP) is 1.56. The molecular weight excluding hydrogens is 250 g/mol. The molecule has 1 saturated heterocycles. The third-order valence-electron chi connectivity index (χ3n) is 3.72. The van der Waals surface area contributed by atoms with E-state index in [9.17, 15) is 4.79 Å². The lowest BCUT2D eigenvalue weighted by Crippen LogP contribution is -2.49. The molecule has 0 radical (unpaired) electrons. The summed E-state index contributed by atoms with van der Waals surface area (Å²) >= 11 is 0. The SMILES string of the molecule is CC(C)CN1CCN(C(=O)c2ccc(CN)cc2)CC1. The van der Waals surface area contributed by atoms with Crippen molar-refractivity contribution in [1.29, 1.82) is 0 Å². The molecule has 20 heavy (non-hydrogen) atoms. The fourth-order valence-corrected chi connectivity index (χ4v) is 2.62. The predicted molar refractivity (Wildman–Crippen MR) is 81.5 cm³/mol. The Morgan fingerprint density at radius 3 is 2.25 bits per heavy atom. The van der Waals surface area contributed by atoms with Crippen LogP contribution in [0.1, 0.15) is 29.8 Å². The van der Waals surface area contributed by atoms with Gasteiger partial charge in [-0.05, 0) is 23.6 Å². The molecule has 0 spiro atoms. The van der Waals surface area contributed by atoms with Gasteiger partial charge in [0.2, 0.25) is 0 Å². The maximum atomic E-state index is 12.4. The summed E-state index contributed by atoms with van der Waals surface area (Å²) in [4.78, 5) is 16.8. The highest BCUT2D eigenvalue weighted by molar-refractivity contribution is 5.94. The molecule has 110 valence electrons. The van der Waals surface area contributed by atoms with Gasteiger partial charge in [-0.3, -0.25) is 9.69 Å². The van der Waals surface area contributed by atoms with E-state index in [1.165, 1.54) is 0 Å². The first-order valence-corrected chi connectivity index (χ1v) is 7.40. The van der Waals surface area contributed by atoms with Gasteiger partial charge in [0.15, 0.2) is 0 Å². The Morgan fingerprint density at radius 1 is 1.15 bits per heavy atom. The number of carbonyl (C=O) groups excluding carboxylic acids is 1. The quantitative estimate of drug-likeness (QED) is 0.907. The molecular formula is C16H25N3O. The van der Waals surface area contributed by atoms with Crippen molar-refractivity contribution in [1.82, 2.24) is 9.80 Å². The number of nitrogens with two attached hydrogens (primary N) is 1. The summed E-state index contributed by atoms with van der Waals surface area (Å²) in [6, 6.07) is 7.63. The lowest BCUT2D eigenvalue weighted by molar-refractivity contribution is 0.0624. The van der Waals surface area contributed by atoms with Gasteiger partial charge in [0.1, 0.15) is 0 Å². The van der Waals surface area contributed by atoms with Crippen LogP contribution in [0.5, 0.6) is 0 Å². The van der Waals surface area contributed by atoms with Gasteiger partial charge in [-0.15, -0.1) is 0 Å². The average Bonchev–Trinajstić information content (AvgIpc) is 2.47. The van der Waals surface area contributed by atoms with Gasteiger partial charge in [-0.2, -0.15) is 0 Å². The topological polar surface area (TPSA) is 49.6 Å². The molecule has 0 unspecified atom stereocenters. The standard InChI is InChI=1S/C16H25N3O/c1-13(2)12-18-7-9-19(10-8-18)16(20)15-5-3-14(11-17)4-6-15/h3-6,13H,7-12,17H2,1-2H3. The van der Waals surface area contributed by atoms with Crippen LogP contribution in [0.3, 0.4) is 0 Å². The third-order valence-corrected chi connectivity index (χ3v) is 3.72. The van der Waals surface area contributed by atoms with Crippen molar-refractivity contribution in [3.8, 4) is 0 Å². The highest BCUT2D eigenvalue weighted by Crippen LogP contribution is 2.11. The molecule has 2 N–H and O–H groups in total. The average molecular weight is 275 g/mol. The summed E-state index contributed by atoms with van der Waals surface area (Å²) < 4.78 is 0. The molecule has 0 atom stereocenters. The fourth-order valence-electron chi connectivity index (χ4n) is 2.62. The largest absolute Gasteiger partial charge is 0.336 e. The van der Waals surface area contributed by atoms with Crippen LogP contribution in [-0.2, 0) is 6.54 Å². The Bertz CT molecular complexity index is 434. The minimum atomic E-state index is 0.137. The number of amides is 1. The second-order valence-electron chi connectivity index (χ2n) is 5.89. The van der Waals surface area contributed by atoms with Crippen molar-refractivity contribution in [3.05, 3.63) is 35.4 Å². The minimum Gasteiger partial charge on any atom is -0.336 e. The van der Waals surface area contributed by atoms with Gasteiger partial charge in [0.05, 0.1) is 0 Å². The van der Waals surface area contributed by atoms with E-state index >= 15 is 0 Å². The van der Waals surface area contributed by atoms with Crippen LogP contribution in [0.4, 0.5) is 0 Å². The fraction of sp³-hybridized carbons (Fsp3) is 0.562. The van der Waals surface area contributed by atoms with Crippen molar-refractivity contribution in [2.75, 3.05) is 32.7 Å². The molecule has 0 aromatic heterocycles. The van der Waals surface area contributed by atoms with E-state index in [0.717, 1.165) is 43.9 Å². The lowest BCUT2D eigenvalue weighted by atomic mass is 10.1. The van der Waals surface area contributed by atoms with Gasteiger partial charge in [0, 0.05) is 44.8 Å². The van der Waals surface area contributed by atoms with E-state index in [-0.39, 0.29) is 5.91 Å².